The van der Waals surface area contributed by atoms with E-state index in [0.29, 0.717) is 19.0 Å². The van der Waals surface area contributed by atoms with E-state index in [0.717, 1.165) is 56.9 Å². The Morgan fingerprint density at radius 2 is 2.21 bits per heavy atom. The normalized spacial score (nSPS) is 24.9. The van der Waals surface area contributed by atoms with Gasteiger partial charge in [-0.3, -0.25) is 9.69 Å². The summed E-state index contributed by atoms with van der Waals surface area (Å²) >= 11 is 0. The van der Waals surface area contributed by atoms with Gasteiger partial charge in [0, 0.05) is 25.7 Å². The third kappa shape index (κ3) is 4.68. The Labute approximate surface area is 142 Å². The average molecular weight is 335 g/mol. The molecule has 0 spiro atoms. The van der Waals surface area contributed by atoms with Crippen LogP contribution in [0, 0.1) is 11.7 Å². The highest BCUT2D eigenvalue weighted by Crippen LogP contribution is 2.21. The summed E-state index contributed by atoms with van der Waals surface area (Å²) in [6.07, 6.45) is 4.16. The minimum Gasteiger partial charge on any atom is -0.508 e. The molecule has 1 amide bonds. The Balaban J connectivity index is 1.47. The van der Waals surface area contributed by atoms with Crippen LogP contribution in [-0.4, -0.2) is 48.1 Å². The molecule has 0 aromatic heterocycles. The number of halogens is 1. The zero-order valence-electron chi connectivity index (χ0n) is 13.9. The Morgan fingerprint density at radius 3 is 2.96 bits per heavy atom. The molecule has 2 atom stereocenters. The number of carbonyl (C=O) groups excluding carboxylic acids is 1. The lowest BCUT2D eigenvalue weighted by Crippen LogP contribution is -2.45. The molecule has 3 rings (SSSR count). The van der Waals surface area contributed by atoms with Crippen LogP contribution in [0.1, 0.15) is 31.2 Å². The zero-order valence-corrected chi connectivity index (χ0v) is 13.9. The minimum absolute atomic E-state index is 0.0278. The first-order chi connectivity index (χ1) is 11.6. The van der Waals surface area contributed by atoms with Gasteiger partial charge in [0.15, 0.2) is 0 Å². The van der Waals surface area contributed by atoms with Crippen molar-refractivity contribution in [3.63, 3.8) is 0 Å². The van der Waals surface area contributed by atoms with Crippen LogP contribution in [0.15, 0.2) is 18.2 Å². The quantitative estimate of drug-likeness (QED) is 0.765. The van der Waals surface area contributed by atoms with E-state index >= 15 is 0 Å². The third-order valence-corrected chi connectivity index (χ3v) is 4.89. The maximum Gasteiger partial charge on any atom is 0.237 e. The first kappa shape index (κ1) is 17.2. The van der Waals surface area contributed by atoms with Crippen molar-refractivity contribution < 1.29 is 14.3 Å². The number of benzene rings is 1. The number of carbonyl (C=O) groups is 1. The van der Waals surface area contributed by atoms with E-state index in [4.69, 9.17) is 0 Å². The topological polar surface area (TPSA) is 64.6 Å². The molecule has 0 bridgehead atoms. The molecule has 2 unspecified atom stereocenters. The van der Waals surface area contributed by atoms with Gasteiger partial charge in [-0.05, 0) is 62.4 Å². The lowest BCUT2D eigenvalue weighted by molar-refractivity contribution is -0.123. The molecular weight excluding hydrogens is 309 g/mol. The van der Waals surface area contributed by atoms with Crippen molar-refractivity contribution in [1.29, 1.82) is 0 Å². The predicted molar refractivity (Wildman–Crippen MR) is 90.1 cm³/mol. The van der Waals surface area contributed by atoms with Gasteiger partial charge in [-0.1, -0.05) is 0 Å². The number of hydrogen-bond acceptors (Lipinski definition) is 4. The lowest BCUT2D eigenvalue weighted by atomic mass is 9.97. The molecule has 1 aromatic carbocycles. The van der Waals surface area contributed by atoms with Crippen molar-refractivity contribution in [2.24, 2.45) is 5.92 Å². The molecule has 2 aliphatic rings. The zero-order chi connectivity index (χ0) is 16.9. The van der Waals surface area contributed by atoms with Crippen molar-refractivity contribution in [3.8, 4) is 5.75 Å². The van der Waals surface area contributed by atoms with Crippen LogP contribution < -0.4 is 10.6 Å². The second kappa shape index (κ2) is 7.94. The number of piperidine rings is 1. The molecule has 3 N–H and O–H groups in total. The van der Waals surface area contributed by atoms with Gasteiger partial charge >= 0.3 is 0 Å². The third-order valence-electron chi connectivity index (χ3n) is 4.89. The Bertz CT molecular complexity index is 555. The van der Waals surface area contributed by atoms with E-state index in [1.165, 1.54) is 6.07 Å². The largest absolute Gasteiger partial charge is 0.508 e. The average Bonchev–Trinajstić information content (AvgIpc) is 3.06. The number of phenols is 1. The maximum atomic E-state index is 13.4. The van der Waals surface area contributed by atoms with Crippen molar-refractivity contribution in [1.82, 2.24) is 15.5 Å². The van der Waals surface area contributed by atoms with E-state index in [9.17, 15) is 14.3 Å². The number of phenolic OH excluding ortho intramolecular Hbond substituents is 1. The molecule has 0 radical (unpaired) electrons. The van der Waals surface area contributed by atoms with E-state index in [1.807, 2.05) is 0 Å². The number of aromatic hydroxyl groups is 1. The summed E-state index contributed by atoms with van der Waals surface area (Å²) in [5.41, 5.74) is 0.785. The highest BCUT2D eigenvalue weighted by atomic mass is 19.1. The fourth-order valence-electron chi connectivity index (χ4n) is 3.72. The van der Waals surface area contributed by atoms with Gasteiger partial charge in [-0.2, -0.15) is 0 Å². The highest BCUT2D eigenvalue weighted by Gasteiger charge is 2.24. The van der Waals surface area contributed by atoms with Crippen LogP contribution in [0.4, 0.5) is 4.39 Å². The number of nitrogens with zero attached hydrogens (tertiary/aromatic N) is 1. The van der Waals surface area contributed by atoms with Crippen molar-refractivity contribution in [2.45, 2.75) is 38.3 Å². The number of likely N-dealkylation sites (tertiary alicyclic amines) is 1. The van der Waals surface area contributed by atoms with Crippen LogP contribution in [0.2, 0.25) is 0 Å². The van der Waals surface area contributed by atoms with Gasteiger partial charge in [0.25, 0.3) is 0 Å². The van der Waals surface area contributed by atoms with Gasteiger partial charge in [-0.25, -0.2) is 4.39 Å². The van der Waals surface area contributed by atoms with E-state index in [2.05, 4.69) is 15.5 Å². The maximum absolute atomic E-state index is 13.4. The van der Waals surface area contributed by atoms with Gasteiger partial charge in [0.1, 0.15) is 11.6 Å². The Hall–Kier alpha value is -1.66. The molecule has 132 valence electrons. The standard InChI is InChI=1S/C18H26FN3O2/c19-15-7-14(8-16(23)9-15)12-22-6-2-3-13(11-22)10-21-18(24)17-4-1-5-20-17/h7-9,13,17,20,23H,1-6,10-12H2,(H,21,24). The summed E-state index contributed by atoms with van der Waals surface area (Å²) in [5, 5.41) is 15.8. The molecule has 1 aromatic rings. The van der Waals surface area contributed by atoms with Crippen LogP contribution in [0.5, 0.6) is 5.75 Å². The van der Waals surface area contributed by atoms with Crippen molar-refractivity contribution in [3.05, 3.63) is 29.6 Å². The second-order valence-electron chi connectivity index (χ2n) is 6.96. The monoisotopic (exact) mass is 335 g/mol. The molecule has 2 aliphatic heterocycles. The number of rotatable bonds is 5. The van der Waals surface area contributed by atoms with Crippen LogP contribution >= 0.6 is 0 Å². The number of hydrogen-bond donors (Lipinski definition) is 3. The fraction of sp³-hybridized carbons (Fsp3) is 0.611. The number of nitrogens with one attached hydrogen (secondary N) is 2. The molecule has 5 nitrogen and oxygen atoms in total. The van der Waals surface area contributed by atoms with Crippen molar-refractivity contribution in [2.75, 3.05) is 26.2 Å². The molecule has 24 heavy (non-hydrogen) atoms. The van der Waals surface area contributed by atoms with Crippen molar-refractivity contribution >= 4 is 5.91 Å². The van der Waals surface area contributed by atoms with E-state index in [1.54, 1.807) is 6.07 Å². The molecule has 2 saturated heterocycles. The fourth-order valence-corrected chi connectivity index (χ4v) is 3.72. The molecule has 0 saturated carbocycles. The Kier molecular flexibility index (Phi) is 5.68. The first-order valence-corrected chi connectivity index (χ1v) is 8.82. The second-order valence-corrected chi connectivity index (χ2v) is 6.96. The van der Waals surface area contributed by atoms with E-state index < -0.39 is 5.82 Å². The smallest absolute Gasteiger partial charge is 0.237 e. The van der Waals surface area contributed by atoms with Gasteiger partial charge < -0.3 is 15.7 Å². The Morgan fingerprint density at radius 1 is 1.33 bits per heavy atom. The molecule has 0 aliphatic carbocycles. The first-order valence-electron chi connectivity index (χ1n) is 8.82. The lowest BCUT2D eigenvalue weighted by Gasteiger charge is -2.33. The van der Waals surface area contributed by atoms with Crippen LogP contribution in [-0.2, 0) is 11.3 Å². The molecule has 2 heterocycles. The highest BCUT2D eigenvalue weighted by molar-refractivity contribution is 5.81. The SMILES string of the molecule is O=C(NCC1CCCN(Cc2cc(O)cc(F)c2)C1)C1CCCN1. The summed E-state index contributed by atoms with van der Waals surface area (Å²) in [5.74, 6) is 0.0932. The van der Waals surface area contributed by atoms with Crippen LogP contribution in [0.3, 0.4) is 0 Å². The summed E-state index contributed by atoms with van der Waals surface area (Å²) in [7, 11) is 0. The molecule has 6 heteroatoms. The summed E-state index contributed by atoms with van der Waals surface area (Å²) in [4.78, 5) is 14.3. The van der Waals surface area contributed by atoms with Gasteiger partial charge in [0.05, 0.1) is 6.04 Å². The van der Waals surface area contributed by atoms with Gasteiger partial charge in [0.2, 0.25) is 5.91 Å². The minimum atomic E-state index is -0.408. The van der Waals surface area contributed by atoms with Crippen LogP contribution in [0.25, 0.3) is 0 Å². The van der Waals surface area contributed by atoms with Gasteiger partial charge in [-0.15, -0.1) is 0 Å². The number of amides is 1. The summed E-state index contributed by atoms with van der Waals surface area (Å²) < 4.78 is 13.4. The molecule has 2 fully saturated rings. The summed E-state index contributed by atoms with van der Waals surface area (Å²) in [6.45, 7) is 4.10. The predicted octanol–water partition coefficient (Wildman–Crippen LogP) is 1.61. The molecular formula is C18H26FN3O2. The van der Waals surface area contributed by atoms with E-state index in [-0.39, 0.29) is 17.7 Å². The summed E-state index contributed by atoms with van der Waals surface area (Å²) in [6, 6.07) is 4.17.